The van der Waals surface area contributed by atoms with Crippen LogP contribution in [0.1, 0.15) is 31.3 Å². The molecule has 1 heterocycles. The molecule has 1 rings (SSSR count). The molecule has 0 saturated heterocycles. The smallest absolute Gasteiger partial charge is 0.270 e. The van der Waals surface area contributed by atoms with E-state index >= 15 is 0 Å². The van der Waals surface area contributed by atoms with E-state index in [1.807, 2.05) is 0 Å². The minimum atomic E-state index is -0.707. The molecule has 1 aromatic heterocycles. The third-order valence-corrected chi connectivity index (χ3v) is 2.67. The van der Waals surface area contributed by atoms with Crippen LogP contribution in [-0.4, -0.2) is 27.6 Å². The van der Waals surface area contributed by atoms with E-state index in [9.17, 15) is 9.90 Å². The highest BCUT2D eigenvalue weighted by Gasteiger charge is 2.26. The number of carbonyl (C=O) groups excluding carboxylic acids is 1. The van der Waals surface area contributed by atoms with Crippen LogP contribution in [0.25, 0.3) is 0 Å². The highest BCUT2D eigenvalue weighted by molar-refractivity contribution is 6.30. The number of carbonyl (C=O) groups is 1. The Morgan fingerprint density at radius 2 is 2.25 bits per heavy atom. The normalized spacial score (nSPS) is 13.3. The standard InChI is InChI=1S/C11H15ClN2O2/c1-7(15)11(2,3)14-10(16)9-6-8(12)4-5-13-9/h4-7,15H,1-3H3,(H,14,16). The summed E-state index contributed by atoms with van der Waals surface area (Å²) in [5, 5.41) is 12.6. The molecule has 0 aliphatic rings. The molecule has 88 valence electrons. The molecule has 0 spiro atoms. The molecule has 0 aliphatic carbocycles. The second-order valence-electron chi connectivity index (χ2n) is 4.21. The summed E-state index contributed by atoms with van der Waals surface area (Å²) in [6.45, 7) is 5.09. The van der Waals surface area contributed by atoms with Gasteiger partial charge in [0.1, 0.15) is 5.69 Å². The summed E-state index contributed by atoms with van der Waals surface area (Å²) in [7, 11) is 0. The Hall–Kier alpha value is -1.13. The fourth-order valence-electron chi connectivity index (χ4n) is 0.990. The van der Waals surface area contributed by atoms with Crippen LogP contribution >= 0.6 is 11.6 Å². The number of aliphatic hydroxyl groups excluding tert-OH is 1. The topological polar surface area (TPSA) is 62.2 Å². The van der Waals surface area contributed by atoms with E-state index in [1.54, 1.807) is 26.8 Å². The second-order valence-corrected chi connectivity index (χ2v) is 4.65. The van der Waals surface area contributed by atoms with Gasteiger partial charge in [-0.1, -0.05) is 11.6 Å². The summed E-state index contributed by atoms with van der Waals surface area (Å²) < 4.78 is 0. The summed E-state index contributed by atoms with van der Waals surface area (Å²) in [4.78, 5) is 15.7. The number of aromatic nitrogens is 1. The van der Waals surface area contributed by atoms with E-state index in [1.165, 1.54) is 12.3 Å². The van der Waals surface area contributed by atoms with Crippen molar-refractivity contribution in [2.75, 3.05) is 0 Å². The van der Waals surface area contributed by atoms with Crippen molar-refractivity contribution >= 4 is 17.5 Å². The minimum Gasteiger partial charge on any atom is -0.391 e. The van der Waals surface area contributed by atoms with Crippen molar-refractivity contribution in [2.24, 2.45) is 0 Å². The van der Waals surface area contributed by atoms with Crippen molar-refractivity contribution in [1.29, 1.82) is 0 Å². The van der Waals surface area contributed by atoms with Crippen LogP contribution in [0.3, 0.4) is 0 Å². The van der Waals surface area contributed by atoms with Gasteiger partial charge in [0.25, 0.3) is 5.91 Å². The number of hydrogen-bond donors (Lipinski definition) is 2. The predicted octanol–water partition coefficient (Wildman–Crippen LogP) is 1.62. The van der Waals surface area contributed by atoms with Gasteiger partial charge in [0.05, 0.1) is 11.6 Å². The fourth-order valence-corrected chi connectivity index (χ4v) is 1.15. The van der Waals surface area contributed by atoms with Crippen molar-refractivity contribution in [3.63, 3.8) is 0 Å². The number of aliphatic hydroxyl groups is 1. The van der Waals surface area contributed by atoms with Crippen LogP contribution < -0.4 is 5.32 Å². The van der Waals surface area contributed by atoms with Crippen molar-refractivity contribution < 1.29 is 9.90 Å². The van der Waals surface area contributed by atoms with Crippen molar-refractivity contribution in [1.82, 2.24) is 10.3 Å². The average Bonchev–Trinajstić information content (AvgIpc) is 2.16. The van der Waals surface area contributed by atoms with Crippen LogP contribution in [0.2, 0.25) is 5.02 Å². The quantitative estimate of drug-likeness (QED) is 0.847. The molecule has 1 unspecified atom stereocenters. The lowest BCUT2D eigenvalue weighted by molar-refractivity contribution is 0.0705. The first kappa shape index (κ1) is 12.9. The molecule has 0 fully saturated rings. The number of nitrogens with one attached hydrogen (secondary N) is 1. The van der Waals surface area contributed by atoms with Crippen LogP contribution in [0, 0.1) is 0 Å². The lowest BCUT2D eigenvalue weighted by atomic mass is 9.98. The lowest BCUT2D eigenvalue weighted by Crippen LogP contribution is -2.51. The summed E-state index contributed by atoms with van der Waals surface area (Å²) in [6.07, 6.45) is 0.808. The van der Waals surface area contributed by atoms with Gasteiger partial charge in [-0.2, -0.15) is 0 Å². The summed E-state index contributed by atoms with van der Waals surface area (Å²) in [5.74, 6) is -0.353. The third-order valence-electron chi connectivity index (χ3n) is 2.43. The number of rotatable bonds is 3. The molecular weight excluding hydrogens is 228 g/mol. The van der Waals surface area contributed by atoms with Gasteiger partial charge in [-0.05, 0) is 32.9 Å². The zero-order valence-electron chi connectivity index (χ0n) is 9.49. The molecule has 0 saturated carbocycles. The Bertz CT molecular complexity index is 391. The van der Waals surface area contributed by atoms with Crippen LogP contribution in [-0.2, 0) is 0 Å². The van der Waals surface area contributed by atoms with Crippen molar-refractivity contribution in [2.45, 2.75) is 32.4 Å². The van der Waals surface area contributed by atoms with Crippen molar-refractivity contribution in [3.8, 4) is 0 Å². The summed E-state index contributed by atoms with van der Waals surface area (Å²) in [6, 6.07) is 3.08. The van der Waals surface area contributed by atoms with Crippen molar-refractivity contribution in [3.05, 3.63) is 29.0 Å². The van der Waals surface area contributed by atoms with E-state index in [-0.39, 0.29) is 11.6 Å². The Labute approximate surface area is 99.6 Å². The Kier molecular flexibility index (Phi) is 3.88. The first-order chi connectivity index (χ1) is 7.33. The monoisotopic (exact) mass is 242 g/mol. The van der Waals surface area contributed by atoms with E-state index in [0.29, 0.717) is 5.02 Å². The van der Waals surface area contributed by atoms with E-state index in [4.69, 9.17) is 11.6 Å². The summed E-state index contributed by atoms with van der Waals surface area (Å²) in [5.41, 5.74) is -0.470. The lowest BCUT2D eigenvalue weighted by Gasteiger charge is -2.29. The largest absolute Gasteiger partial charge is 0.391 e. The SMILES string of the molecule is CC(O)C(C)(C)NC(=O)c1cc(Cl)ccn1. The van der Waals surface area contributed by atoms with Gasteiger partial charge in [-0.15, -0.1) is 0 Å². The highest BCUT2D eigenvalue weighted by Crippen LogP contribution is 2.12. The first-order valence-electron chi connectivity index (χ1n) is 4.95. The molecule has 0 aromatic carbocycles. The molecule has 16 heavy (non-hydrogen) atoms. The molecule has 1 amide bonds. The number of halogens is 1. The zero-order chi connectivity index (χ0) is 12.3. The average molecular weight is 243 g/mol. The molecule has 0 bridgehead atoms. The molecule has 2 N–H and O–H groups in total. The molecular formula is C11H15ClN2O2. The second kappa shape index (κ2) is 4.80. The van der Waals surface area contributed by atoms with E-state index < -0.39 is 11.6 Å². The maximum absolute atomic E-state index is 11.8. The number of amides is 1. The van der Waals surface area contributed by atoms with E-state index in [0.717, 1.165) is 0 Å². The molecule has 5 heteroatoms. The first-order valence-corrected chi connectivity index (χ1v) is 5.33. The van der Waals surface area contributed by atoms with Gasteiger partial charge in [-0.3, -0.25) is 9.78 Å². The number of pyridine rings is 1. The summed E-state index contributed by atoms with van der Waals surface area (Å²) >= 11 is 5.75. The van der Waals surface area contributed by atoms with Gasteiger partial charge in [-0.25, -0.2) is 0 Å². The van der Waals surface area contributed by atoms with Crippen LogP contribution in [0.5, 0.6) is 0 Å². The van der Waals surface area contributed by atoms with Gasteiger partial charge in [0, 0.05) is 11.2 Å². The Morgan fingerprint density at radius 3 is 2.75 bits per heavy atom. The Morgan fingerprint density at radius 1 is 1.62 bits per heavy atom. The third kappa shape index (κ3) is 3.18. The molecule has 1 atom stereocenters. The number of hydrogen-bond acceptors (Lipinski definition) is 3. The number of nitrogens with zero attached hydrogens (tertiary/aromatic N) is 1. The van der Waals surface area contributed by atoms with Gasteiger partial charge in [0.15, 0.2) is 0 Å². The predicted molar refractivity (Wildman–Crippen MR) is 62.5 cm³/mol. The highest BCUT2D eigenvalue weighted by atomic mass is 35.5. The maximum Gasteiger partial charge on any atom is 0.270 e. The maximum atomic E-state index is 11.8. The van der Waals surface area contributed by atoms with Gasteiger partial charge < -0.3 is 10.4 Å². The Balaban J connectivity index is 2.81. The fraction of sp³-hybridized carbons (Fsp3) is 0.455. The molecule has 4 nitrogen and oxygen atoms in total. The van der Waals surface area contributed by atoms with Gasteiger partial charge >= 0.3 is 0 Å². The van der Waals surface area contributed by atoms with Gasteiger partial charge in [0.2, 0.25) is 0 Å². The zero-order valence-corrected chi connectivity index (χ0v) is 10.2. The molecule has 0 aliphatic heterocycles. The molecule has 0 radical (unpaired) electrons. The van der Waals surface area contributed by atoms with Crippen LogP contribution in [0.15, 0.2) is 18.3 Å². The minimum absolute atomic E-state index is 0.237. The molecule has 1 aromatic rings. The van der Waals surface area contributed by atoms with Crippen LogP contribution in [0.4, 0.5) is 0 Å². The van der Waals surface area contributed by atoms with E-state index in [2.05, 4.69) is 10.3 Å².